The molecule has 4 heteroatoms. The third-order valence-electron chi connectivity index (χ3n) is 2.21. The summed E-state index contributed by atoms with van der Waals surface area (Å²) in [7, 11) is 0. The highest BCUT2D eigenvalue weighted by Crippen LogP contribution is 2.07. The monoisotopic (exact) mass is 195 g/mol. The predicted octanol–water partition coefficient (Wildman–Crippen LogP) is 0.755. The van der Waals surface area contributed by atoms with Gasteiger partial charge in [0, 0.05) is 25.2 Å². The van der Waals surface area contributed by atoms with Gasteiger partial charge in [0.1, 0.15) is 0 Å². The number of carbonyl (C=O) groups is 2. The largest absolute Gasteiger partial charge is 0.275 e. The Bertz CT molecular complexity index is 231. The van der Waals surface area contributed by atoms with Crippen LogP contribution in [0.2, 0.25) is 0 Å². The van der Waals surface area contributed by atoms with Crippen LogP contribution in [0.5, 0.6) is 0 Å². The molecule has 0 aliphatic carbocycles. The zero-order chi connectivity index (χ0) is 10.4. The normalized spacial score (nSPS) is 15.6. The Balaban J connectivity index is 2.13. The van der Waals surface area contributed by atoms with Crippen molar-refractivity contribution in [1.29, 1.82) is 0 Å². The van der Waals surface area contributed by atoms with Gasteiger partial charge in [-0.1, -0.05) is 12.8 Å². The van der Waals surface area contributed by atoms with Crippen LogP contribution in [0.15, 0.2) is 12.2 Å². The van der Waals surface area contributed by atoms with Gasteiger partial charge >= 0.3 is 0 Å². The Morgan fingerprint density at radius 1 is 1.00 bits per heavy atom. The number of carbonyl (C=O) groups excluding carboxylic acids is 2. The molecule has 2 amide bonds. The SMILES string of the molecule is [NH]CCCCCCN1C(=O)C=CC1=O. The standard InChI is InChI=1S/C10H15N2O2/c11-7-3-1-2-4-8-12-9(13)5-6-10(12)14/h5-6,11H,1-4,7-8H2. The number of hydrogen-bond acceptors (Lipinski definition) is 2. The van der Waals surface area contributed by atoms with Gasteiger partial charge in [-0.05, 0) is 12.8 Å². The van der Waals surface area contributed by atoms with Gasteiger partial charge in [-0.3, -0.25) is 20.2 Å². The van der Waals surface area contributed by atoms with E-state index in [4.69, 9.17) is 5.73 Å². The highest BCUT2D eigenvalue weighted by Gasteiger charge is 2.21. The molecule has 0 saturated carbocycles. The van der Waals surface area contributed by atoms with E-state index in [0.29, 0.717) is 13.1 Å². The topological polar surface area (TPSA) is 61.2 Å². The fourth-order valence-electron chi connectivity index (χ4n) is 1.40. The van der Waals surface area contributed by atoms with E-state index in [9.17, 15) is 9.59 Å². The third-order valence-corrected chi connectivity index (χ3v) is 2.21. The molecule has 0 aromatic carbocycles. The summed E-state index contributed by atoms with van der Waals surface area (Å²) < 4.78 is 0. The highest BCUT2D eigenvalue weighted by molar-refractivity contribution is 6.12. The van der Waals surface area contributed by atoms with Crippen molar-refractivity contribution in [2.45, 2.75) is 25.7 Å². The van der Waals surface area contributed by atoms with Crippen LogP contribution in [-0.2, 0) is 9.59 Å². The molecule has 1 aliphatic rings. The number of nitrogens with zero attached hydrogens (tertiary/aromatic N) is 1. The van der Waals surface area contributed by atoms with E-state index in [0.717, 1.165) is 25.7 Å². The van der Waals surface area contributed by atoms with Crippen LogP contribution < -0.4 is 5.73 Å². The molecule has 1 aliphatic heterocycles. The molecule has 1 radical (unpaired) electrons. The summed E-state index contributed by atoms with van der Waals surface area (Å²) in [6.07, 6.45) is 6.36. The molecular weight excluding hydrogens is 180 g/mol. The molecule has 0 unspecified atom stereocenters. The van der Waals surface area contributed by atoms with Gasteiger partial charge in [0.2, 0.25) is 0 Å². The number of imide groups is 1. The summed E-state index contributed by atoms with van der Waals surface area (Å²) >= 11 is 0. The molecular formula is C10H15N2O2. The maximum Gasteiger partial charge on any atom is 0.253 e. The second-order valence-corrected chi connectivity index (χ2v) is 3.33. The molecule has 0 aromatic rings. The van der Waals surface area contributed by atoms with Gasteiger partial charge in [-0.2, -0.15) is 0 Å². The lowest BCUT2D eigenvalue weighted by Crippen LogP contribution is -2.30. The van der Waals surface area contributed by atoms with E-state index in [1.54, 1.807) is 0 Å². The van der Waals surface area contributed by atoms with E-state index in [1.165, 1.54) is 17.1 Å². The van der Waals surface area contributed by atoms with Crippen LogP contribution in [-0.4, -0.2) is 29.8 Å². The average Bonchev–Trinajstić information content (AvgIpc) is 2.48. The average molecular weight is 195 g/mol. The van der Waals surface area contributed by atoms with E-state index in [1.807, 2.05) is 0 Å². The maximum atomic E-state index is 11.1. The first kappa shape index (κ1) is 10.9. The molecule has 0 saturated heterocycles. The molecule has 0 fully saturated rings. The minimum Gasteiger partial charge on any atom is -0.275 e. The molecule has 0 atom stereocenters. The van der Waals surface area contributed by atoms with Gasteiger partial charge in [0.05, 0.1) is 0 Å². The Kier molecular flexibility index (Phi) is 4.32. The molecule has 77 valence electrons. The van der Waals surface area contributed by atoms with Crippen LogP contribution in [0.25, 0.3) is 0 Å². The Hall–Kier alpha value is -1.16. The second-order valence-electron chi connectivity index (χ2n) is 3.33. The van der Waals surface area contributed by atoms with Crippen molar-refractivity contribution in [2.75, 3.05) is 13.1 Å². The minimum absolute atomic E-state index is 0.199. The lowest BCUT2D eigenvalue weighted by atomic mass is 10.2. The van der Waals surface area contributed by atoms with Crippen molar-refractivity contribution in [1.82, 2.24) is 10.6 Å². The van der Waals surface area contributed by atoms with Gasteiger partial charge < -0.3 is 0 Å². The Morgan fingerprint density at radius 3 is 2.14 bits per heavy atom. The van der Waals surface area contributed by atoms with Crippen LogP contribution in [0.1, 0.15) is 25.7 Å². The first-order valence-electron chi connectivity index (χ1n) is 4.94. The molecule has 0 spiro atoms. The lowest BCUT2D eigenvalue weighted by molar-refractivity contribution is -0.136. The molecule has 1 rings (SSSR count). The predicted molar refractivity (Wildman–Crippen MR) is 52.3 cm³/mol. The summed E-state index contributed by atoms with van der Waals surface area (Å²) in [5.74, 6) is -0.397. The van der Waals surface area contributed by atoms with E-state index in [2.05, 4.69) is 0 Å². The molecule has 4 nitrogen and oxygen atoms in total. The highest BCUT2D eigenvalue weighted by atomic mass is 16.2. The van der Waals surface area contributed by atoms with E-state index < -0.39 is 0 Å². The number of unbranched alkanes of at least 4 members (excludes halogenated alkanes) is 3. The van der Waals surface area contributed by atoms with Crippen LogP contribution >= 0.6 is 0 Å². The van der Waals surface area contributed by atoms with Crippen molar-refractivity contribution < 1.29 is 9.59 Å². The number of rotatable bonds is 6. The van der Waals surface area contributed by atoms with Gasteiger partial charge in [-0.25, -0.2) is 0 Å². The third kappa shape index (κ3) is 2.96. The van der Waals surface area contributed by atoms with E-state index in [-0.39, 0.29) is 11.8 Å². The van der Waals surface area contributed by atoms with Gasteiger partial charge in [0.25, 0.3) is 11.8 Å². The number of nitrogens with one attached hydrogen (secondary N) is 1. The quantitative estimate of drug-likeness (QED) is 0.464. The van der Waals surface area contributed by atoms with Crippen molar-refractivity contribution in [3.05, 3.63) is 12.2 Å². The zero-order valence-electron chi connectivity index (χ0n) is 8.16. The molecule has 1 N–H and O–H groups in total. The van der Waals surface area contributed by atoms with Crippen molar-refractivity contribution in [3.63, 3.8) is 0 Å². The summed E-state index contributed by atoms with van der Waals surface area (Å²) in [6.45, 7) is 0.978. The molecule has 14 heavy (non-hydrogen) atoms. The smallest absolute Gasteiger partial charge is 0.253 e. The summed E-state index contributed by atoms with van der Waals surface area (Å²) in [4.78, 5) is 23.5. The van der Waals surface area contributed by atoms with Crippen LogP contribution in [0, 0.1) is 0 Å². The minimum atomic E-state index is -0.199. The number of hydrogen-bond donors (Lipinski definition) is 0. The zero-order valence-corrected chi connectivity index (χ0v) is 8.16. The molecule has 0 bridgehead atoms. The first-order chi connectivity index (χ1) is 6.75. The molecule has 0 aromatic heterocycles. The number of amides is 2. The van der Waals surface area contributed by atoms with Crippen LogP contribution in [0.4, 0.5) is 0 Å². The Labute approximate surface area is 83.8 Å². The van der Waals surface area contributed by atoms with Gasteiger partial charge in [-0.15, -0.1) is 0 Å². The summed E-state index contributed by atoms with van der Waals surface area (Å²) in [5.41, 5.74) is 6.94. The van der Waals surface area contributed by atoms with E-state index >= 15 is 0 Å². The fourth-order valence-corrected chi connectivity index (χ4v) is 1.40. The Morgan fingerprint density at radius 2 is 1.57 bits per heavy atom. The second kappa shape index (κ2) is 5.54. The lowest BCUT2D eigenvalue weighted by Gasteiger charge is -2.12. The van der Waals surface area contributed by atoms with Gasteiger partial charge in [0.15, 0.2) is 0 Å². The molecule has 1 heterocycles. The maximum absolute atomic E-state index is 11.1. The summed E-state index contributed by atoms with van der Waals surface area (Å²) in [5, 5.41) is 0. The summed E-state index contributed by atoms with van der Waals surface area (Å²) in [6, 6.07) is 0. The van der Waals surface area contributed by atoms with Crippen LogP contribution in [0.3, 0.4) is 0 Å². The fraction of sp³-hybridized carbons (Fsp3) is 0.600. The van der Waals surface area contributed by atoms with Crippen molar-refractivity contribution in [2.24, 2.45) is 0 Å². The van der Waals surface area contributed by atoms with Crippen molar-refractivity contribution in [3.8, 4) is 0 Å². The first-order valence-corrected chi connectivity index (χ1v) is 4.94. The van der Waals surface area contributed by atoms with Crippen molar-refractivity contribution >= 4 is 11.8 Å².